The van der Waals surface area contributed by atoms with Crippen molar-refractivity contribution in [3.63, 3.8) is 0 Å². The molecular weight excluding hydrogens is 214 g/mol. The molecular formula is C14H23NO2. The fourth-order valence-electron chi connectivity index (χ4n) is 1.87. The number of aliphatic hydroxyl groups is 1. The summed E-state index contributed by atoms with van der Waals surface area (Å²) >= 11 is 0. The van der Waals surface area contributed by atoms with Gasteiger partial charge < -0.3 is 15.2 Å². The zero-order valence-corrected chi connectivity index (χ0v) is 10.7. The van der Waals surface area contributed by atoms with Gasteiger partial charge in [-0.2, -0.15) is 0 Å². The zero-order chi connectivity index (χ0) is 12.5. The first kappa shape index (κ1) is 14.2. The molecule has 1 aromatic carbocycles. The summed E-state index contributed by atoms with van der Waals surface area (Å²) in [5, 5.41) is 13.3. The number of benzene rings is 1. The summed E-state index contributed by atoms with van der Waals surface area (Å²) in [5.74, 6) is 0. The monoisotopic (exact) mass is 237 g/mol. The normalized spacial score (nSPS) is 14.5. The largest absolute Gasteiger partial charge is 0.387 e. The summed E-state index contributed by atoms with van der Waals surface area (Å²) in [6, 6.07) is 10.0. The number of hydrogen-bond donors (Lipinski definition) is 2. The molecule has 0 bridgehead atoms. The summed E-state index contributed by atoms with van der Waals surface area (Å²) in [7, 11) is 1.71. The van der Waals surface area contributed by atoms with Crippen LogP contribution in [0.25, 0.3) is 0 Å². The minimum absolute atomic E-state index is 0.323. The van der Waals surface area contributed by atoms with E-state index in [1.54, 1.807) is 7.11 Å². The Labute approximate surface area is 104 Å². The Kier molecular flexibility index (Phi) is 6.86. The van der Waals surface area contributed by atoms with Crippen molar-refractivity contribution in [1.29, 1.82) is 0 Å². The van der Waals surface area contributed by atoms with Crippen molar-refractivity contribution in [2.75, 3.05) is 20.3 Å². The van der Waals surface area contributed by atoms with Crippen LogP contribution in [0.2, 0.25) is 0 Å². The molecule has 3 heteroatoms. The zero-order valence-electron chi connectivity index (χ0n) is 10.7. The SMILES string of the molecule is CCCC(COC)NCC(O)c1ccccc1. The summed E-state index contributed by atoms with van der Waals surface area (Å²) in [4.78, 5) is 0. The van der Waals surface area contributed by atoms with Crippen LogP contribution in [0.4, 0.5) is 0 Å². The van der Waals surface area contributed by atoms with Crippen molar-refractivity contribution in [2.24, 2.45) is 0 Å². The molecule has 1 aromatic rings. The number of methoxy groups -OCH3 is 1. The molecule has 2 N–H and O–H groups in total. The van der Waals surface area contributed by atoms with Gasteiger partial charge in [-0.15, -0.1) is 0 Å². The van der Waals surface area contributed by atoms with Crippen LogP contribution >= 0.6 is 0 Å². The van der Waals surface area contributed by atoms with Crippen molar-refractivity contribution < 1.29 is 9.84 Å². The highest BCUT2D eigenvalue weighted by Crippen LogP contribution is 2.11. The highest BCUT2D eigenvalue weighted by atomic mass is 16.5. The van der Waals surface area contributed by atoms with Gasteiger partial charge >= 0.3 is 0 Å². The highest BCUT2D eigenvalue weighted by Gasteiger charge is 2.11. The lowest BCUT2D eigenvalue weighted by Gasteiger charge is -2.19. The number of aliphatic hydroxyl groups excluding tert-OH is 1. The smallest absolute Gasteiger partial charge is 0.0914 e. The van der Waals surface area contributed by atoms with E-state index in [-0.39, 0.29) is 0 Å². The van der Waals surface area contributed by atoms with E-state index >= 15 is 0 Å². The van der Waals surface area contributed by atoms with Gasteiger partial charge in [0.15, 0.2) is 0 Å². The Morgan fingerprint density at radius 2 is 2.00 bits per heavy atom. The molecule has 0 spiro atoms. The van der Waals surface area contributed by atoms with Crippen molar-refractivity contribution in [2.45, 2.75) is 31.9 Å². The minimum atomic E-state index is -0.451. The number of nitrogens with one attached hydrogen (secondary N) is 1. The molecule has 0 aromatic heterocycles. The van der Waals surface area contributed by atoms with Gasteiger partial charge in [-0.25, -0.2) is 0 Å². The van der Waals surface area contributed by atoms with E-state index in [4.69, 9.17) is 4.74 Å². The Morgan fingerprint density at radius 1 is 1.29 bits per heavy atom. The first-order chi connectivity index (χ1) is 8.27. The number of rotatable bonds is 8. The molecule has 3 nitrogen and oxygen atoms in total. The summed E-state index contributed by atoms with van der Waals surface area (Å²) < 4.78 is 5.15. The fraction of sp³-hybridized carbons (Fsp3) is 0.571. The maximum Gasteiger partial charge on any atom is 0.0914 e. The Balaban J connectivity index is 2.38. The van der Waals surface area contributed by atoms with Crippen LogP contribution in [0.15, 0.2) is 30.3 Å². The highest BCUT2D eigenvalue weighted by molar-refractivity contribution is 5.17. The fourth-order valence-corrected chi connectivity index (χ4v) is 1.87. The average molecular weight is 237 g/mol. The molecule has 2 atom stereocenters. The predicted molar refractivity (Wildman–Crippen MR) is 70.0 cm³/mol. The van der Waals surface area contributed by atoms with Crippen LogP contribution in [0.1, 0.15) is 31.4 Å². The predicted octanol–water partition coefficient (Wildman–Crippen LogP) is 2.12. The van der Waals surface area contributed by atoms with Crippen LogP contribution < -0.4 is 5.32 Å². The molecule has 0 amide bonds. The third-order valence-corrected chi connectivity index (χ3v) is 2.79. The molecule has 1 rings (SSSR count). The van der Waals surface area contributed by atoms with Gasteiger partial charge in [0.2, 0.25) is 0 Å². The first-order valence-electron chi connectivity index (χ1n) is 6.23. The average Bonchev–Trinajstić information content (AvgIpc) is 2.37. The van der Waals surface area contributed by atoms with Gasteiger partial charge in [-0.1, -0.05) is 43.7 Å². The van der Waals surface area contributed by atoms with Gasteiger partial charge in [0.25, 0.3) is 0 Å². The van der Waals surface area contributed by atoms with Crippen molar-refractivity contribution in [3.05, 3.63) is 35.9 Å². The lowest BCUT2D eigenvalue weighted by atomic mass is 10.1. The van der Waals surface area contributed by atoms with E-state index in [9.17, 15) is 5.11 Å². The van der Waals surface area contributed by atoms with E-state index in [1.807, 2.05) is 30.3 Å². The maximum absolute atomic E-state index is 10.0. The second kappa shape index (κ2) is 8.23. The molecule has 0 fully saturated rings. The lowest BCUT2D eigenvalue weighted by molar-refractivity contribution is 0.136. The van der Waals surface area contributed by atoms with Gasteiger partial charge in [-0.3, -0.25) is 0 Å². The van der Waals surface area contributed by atoms with Crippen LogP contribution in [-0.4, -0.2) is 31.4 Å². The van der Waals surface area contributed by atoms with Crippen LogP contribution in [0.3, 0.4) is 0 Å². The summed E-state index contributed by atoms with van der Waals surface area (Å²) in [5.41, 5.74) is 0.952. The lowest BCUT2D eigenvalue weighted by Crippen LogP contribution is -2.36. The molecule has 96 valence electrons. The molecule has 0 aliphatic carbocycles. The van der Waals surface area contributed by atoms with Crippen LogP contribution in [0, 0.1) is 0 Å². The Hall–Kier alpha value is -0.900. The number of hydrogen-bond acceptors (Lipinski definition) is 3. The second-order valence-corrected chi connectivity index (χ2v) is 4.28. The van der Waals surface area contributed by atoms with Crippen molar-refractivity contribution in [3.8, 4) is 0 Å². The van der Waals surface area contributed by atoms with E-state index < -0.39 is 6.10 Å². The standard InChI is InChI=1S/C14H23NO2/c1-3-7-13(11-17-2)15-10-14(16)12-8-5-4-6-9-12/h4-6,8-9,13-16H,3,7,10-11H2,1-2H3. The quantitative estimate of drug-likeness (QED) is 0.727. The van der Waals surface area contributed by atoms with Gasteiger partial charge in [0.05, 0.1) is 12.7 Å². The third-order valence-electron chi connectivity index (χ3n) is 2.79. The molecule has 0 saturated carbocycles. The van der Waals surface area contributed by atoms with Crippen LogP contribution in [0.5, 0.6) is 0 Å². The van der Waals surface area contributed by atoms with E-state index in [0.29, 0.717) is 19.2 Å². The molecule has 2 unspecified atom stereocenters. The van der Waals surface area contributed by atoms with E-state index in [0.717, 1.165) is 18.4 Å². The van der Waals surface area contributed by atoms with E-state index in [1.165, 1.54) is 0 Å². The molecule has 0 aliphatic rings. The van der Waals surface area contributed by atoms with Crippen LogP contribution in [-0.2, 0) is 4.74 Å². The summed E-state index contributed by atoms with van der Waals surface area (Å²) in [6.07, 6.45) is 1.73. The summed E-state index contributed by atoms with van der Waals surface area (Å²) in [6.45, 7) is 3.41. The second-order valence-electron chi connectivity index (χ2n) is 4.28. The van der Waals surface area contributed by atoms with Gasteiger partial charge in [-0.05, 0) is 12.0 Å². The topological polar surface area (TPSA) is 41.5 Å². The molecule has 17 heavy (non-hydrogen) atoms. The van der Waals surface area contributed by atoms with Gasteiger partial charge in [0, 0.05) is 19.7 Å². The van der Waals surface area contributed by atoms with Crippen molar-refractivity contribution in [1.82, 2.24) is 5.32 Å². The number of ether oxygens (including phenoxy) is 1. The molecule has 0 saturated heterocycles. The third kappa shape index (κ3) is 5.31. The molecule has 0 heterocycles. The molecule has 0 radical (unpaired) electrons. The van der Waals surface area contributed by atoms with Crippen molar-refractivity contribution >= 4 is 0 Å². The minimum Gasteiger partial charge on any atom is -0.387 e. The van der Waals surface area contributed by atoms with E-state index in [2.05, 4.69) is 12.2 Å². The molecule has 0 aliphatic heterocycles. The first-order valence-corrected chi connectivity index (χ1v) is 6.23. The maximum atomic E-state index is 10.0. The Bertz CT molecular complexity index is 284. The Morgan fingerprint density at radius 3 is 2.59 bits per heavy atom. The van der Waals surface area contributed by atoms with Gasteiger partial charge in [0.1, 0.15) is 0 Å².